The molecule has 4 nitrogen and oxygen atoms in total. The number of nitrogens with two attached hydrogens (primary N) is 1. The number of rotatable bonds is 4. The van der Waals surface area contributed by atoms with Crippen LogP contribution in [0.3, 0.4) is 0 Å². The van der Waals surface area contributed by atoms with E-state index in [1.807, 2.05) is 12.1 Å². The minimum Gasteiger partial charge on any atom is -0.395 e. The first-order valence-electron chi connectivity index (χ1n) is 6.16. The molecule has 18 heavy (non-hydrogen) atoms. The van der Waals surface area contributed by atoms with Crippen molar-refractivity contribution in [2.24, 2.45) is 5.73 Å². The summed E-state index contributed by atoms with van der Waals surface area (Å²) >= 11 is 3.43. The summed E-state index contributed by atoms with van der Waals surface area (Å²) in [7, 11) is 0. The number of aliphatic hydroxyl groups excluding tert-OH is 1. The highest BCUT2D eigenvalue weighted by atomic mass is 79.9. The molecular formula is C13H19BrN2O2. The molecule has 0 amide bonds. The maximum absolute atomic E-state index is 9.43. The van der Waals surface area contributed by atoms with Crippen LogP contribution >= 0.6 is 15.9 Å². The van der Waals surface area contributed by atoms with E-state index in [9.17, 15) is 5.11 Å². The second-order valence-electron chi connectivity index (χ2n) is 4.45. The lowest BCUT2D eigenvalue weighted by atomic mass is 10.0. The number of morpholine rings is 1. The molecular weight excluding hydrogens is 296 g/mol. The highest BCUT2D eigenvalue weighted by molar-refractivity contribution is 9.10. The van der Waals surface area contributed by atoms with Gasteiger partial charge in [-0.25, -0.2) is 0 Å². The van der Waals surface area contributed by atoms with E-state index in [4.69, 9.17) is 10.5 Å². The number of hydrogen-bond acceptors (Lipinski definition) is 4. The lowest BCUT2D eigenvalue weighted by molar-refractivity contribution is -0.0463. The van der Waals surface area contributed by atoms with Crippen molar-refractivity contribution < 1.29 is 9.84 Å². The third-order valence-corrected chi connectivity index (χ3v) is 3.89. The van der Waals surface area contributed by atoms with Gasteiger partial charge in [-0.15, -0.1) is 0 Å². The van der Waals surface area contributed by atoms with E-state index in [0.717, 1.165) is 11.0 Å². The quantitative estimate of drug-likeness (QED) is 0.875. The van der Waals surface area contributed by atoms with Crippen LogP contribution in [0.1, 0.15) is 11.6 Å². The zero-order valence-electron chi connectivity index (χ0n) is 10.3. The van der Waals surface area contributed by atoms with Crippen LogP contribution in [0, 0.1) is 0 Å². The third-order valence-electron chi connectivity index (χ3n) is 3.36. The van der Waals surface area contributed by atoms with Crippen molar-refractivity contribution in [1.29, 1.82) is 0 Å². The molecule has 2 atom stereocenters. The van der Waals surface area contributed by atoms with E-state index in [0.29, 0.717) is 19.8 Å². The molecule has 0 aliphatic carbocycles. The Morgan fingerprint density at radius 2 is 2.17 bits per heavy atom. The molecule has 1 saturated heterocycles. The van der Waals surface area contributed by atoms with Gasteiger partial charge >= 0.3 is 0 Å². The topological polar surface area (TPSA) is 58.7 Å². The van der Waals surface area contributed by atoms with Gasteiger partial charge in [-0.3, -0.25) is 4.90 Å². The Morgan fingerprint density at radius 3 is 2.78 bits per heavy atom. The molecule has 1 heterocycles. The van der Waals surface area contributed by atoms with E-state index in [1.54, 1.807) is 0 Å². The molecule has 3 N–H and O–H groups in total. The van der Waals surface area contributed by atoms with Gasteiger partial charge in [-0.05, 0) is 17.7 Å². The summed E-state index contributed by atoms with van der Waals surface area (Å²) < 4.78 is 6.46. The van der Waals surface area contributed by atoms with Gasteiger partial charge in [0.15, 0.2) is 0 Å². The number of hydrogen-bond donors (Lipinski definition) is 2. The van der Waals surface area contributed by atoms with Gasteiger partial charge in [0.2, 0.25) is 0 Å². The average Bonchev–Trinajstić information content (AvgIpc) is 2.42. The van der Waals surface area contributed by atoms with Crippen molar-refractivity contribution in [2.75, 3.05) is 32.9 Å². The first-order chi connectivity index (χ1) is 8.76. The maximum Gasteiger partial charge on any atom is 0.0645 e. The highest BCUT2D eigenvalue weighted by Gasteiger charge is 2.29. The summed E-state index contributed by atoms with van der Waals surface area (Å²) in [5, 5.41) is 9.43. The van der Waals surface area contributed by atoms with Crippen LogP contribution in [0.25, 0.3) is 0 Å². The number of halogens is 1. The maximum atomic E-state index is 9.43. The van der Waals surface area contributed by atoms with Crippen LogP contribution in [0.5, 0.6) is 0 Å². The second kappa shape index (κ2) is 6.63. The summed E-state index contributed by atoms with van der Waals surface area (Å²) in [6, 6.07) is 8.37. The third kappa shape index (κ3) is 3.10. The van der Waals surface area contributed by atoms with Crippen LogP contribution in [-0.4, -0.2) is 49.0 Å². The lowest BCUT2D eigenvalue weighted by Gasteiger charge is -2.40. The fourth-order valence-corrected chi connectivity index (χ4v) is 2.65. The van der Waals surface area contributed by atoms with Crippen molar-refractivity contribution in [1.82, 2.24) is 4.90 Å². The summed E-state index contributed by atoms with van der Waals surface area (Å²) in [5.41, 5.74) is 7.10. The van der Waals surface area contributed by atoms with Crippen molar-refractivity contribution in [3.63, 3.8) is 0 Å². The van der Waals surface area contributed by atoms with Crippen molar-refractivity contribution >= 4 is 15.9 Å². The van der Waals surface area contributed by atoms with Gasteiger partial charge in [0.1, 0.15) is 0 Å². The smallest absolute Gasteiger partial charge is 0.0645 e. The summed E-state index contributed by atoms with van der Waals surface area (Å²) in [6.07, 6.45) is 0. The first-order valence-corrected chi connectivity index (χ1v) is 6.95. The van der Waals surface area contributed by atoms with E-state index in [2.05, 4.69) is 33.0 Å². The summed E-state index contributed by atoms with van der Waals surface area (Å²) in [6.45, 7) is 2.72. The Hall–Kier alpha value is -0.460. The number of ether oxygens (including phenoxy) is 1. The van der Waals surface area contributed by atoms with E-state index in [-0.39, 0.29) is 18.7 Å². The second-order valence-corrected chi connectivity index (χ2v) is 5.37. The largest absolute Gasteiger partial charge is 0.395 e. The van der Waals surface area contributed by atoms with Crippen LogP contribution in [-0.2, 0) is 4.74 Å². The van der Waals surface area contributed by atoms with Crippen LogP contribution in [0.15, 0.2) is 28.7 Å². The minimum atomic E-state index is 0.0379. The Morgan fingerprint density at radius 1 is 1.44 bits per heavy atom. The average molecular weight is 315 g/mol. The first kappa shape index (κ1) is 14.0. The van der Waals surface area contributed by atoms with E-state index in [1.165, 1.54) is 5.56 Å². The fourth-order valence-electron chi connectivity index (χ4n) is 2.38. The van der Waals surface area contributed by atoms with Crippen LogP contribution in [0.2, 0.25) is 0 Å². The SMILES string of the molecule is NCC(c1ccc(Br)cc1)N1CCOCC1CO. The molecule has 0 bridgehead atoms. The van der Waals surface area contributed by atoms with Gasteiger partial charge in [0.05, 0.1) is 25.9 Å². The number of aliphatic hydroxyl groups is 1. The minimum absolute atomic E-state index is 0.0379. The Labute approximate surface area is 116 Å². The molecule has 1 aliphatic rings. The molecule has 100 valence electrons. The molecule has 0 spiro atoms. The normalized spacial score (nSPS) is 22.9. The molecule has 1 aromatic carbocycles. The standard InChI is InChI=1S/C13H19BrN2O2/c14-11-3-1-10(2-4-11)13(7-15)16-5-6-18-9-12(16)8-17/h1-4,12-13,17H,5-9,15H2. The van der Waals surface area contributed by atoms with Gasteiger partial charge in [-0.2, -0.15) is 0 Å². The van der Waals surface area contributed by atoms with E-state index >= 15 is 0 Å². The lowest BCUT2D eigenvalue weighted by Crippen LogP contribution is -2.50. The molecule has 0 saturated carbocycles. The molecule has 1 aromatic rings. The van der Waals surface area contributed by atoms with Gasteiger partial charge in [0.25, 0.3) is 0 Å². The van der Waals surface area contributed by atoms with Crippen LogP contribution in [0.4, 0.5) is 0 Å². The van der Waals surface area contributed by atoms with Gasteiger partial charge < -0.3 is 15.6 Å². The molecule has 2 unspecified atom stereocenters. The Bertz CT molecular complexity index is 372. The van der Waals surface area contributed by atoms with Crippen LogP contribution < -0.4 is 5.73 Å². The fraction of sp³-hybridized carbons (Fsp3) is 0.538. The Kier molecular flexibility index (Phi) is 5.14. The zero-order chi connectivity index (χ0) is 13.0. The molecule has 5 heteroatoms. The predicted octanol–water partition coefficient (Wildman–Crippen LogP) is 1.14. The van der Waals surface area contributed by atoms with Gasteiger partial charge in [-0.1, -0.05) is 28.1 Å². The molecule has 0 radical (unpaired) electrons. The molecule has 0 aromatic heterocycles. The summed E-state index contributed by atoms with van der Waals surface area (Å²) in [4.78, 5) is 2.24. The highest BCUT2D eigenvalue weighted by Crippen LogP contribution is 2.25. The van der Waals surface area contributed by atoms with Crippen molar-refractivity contribution in [2.45, 2.75) is 12.1 Å². The Balaban J connectivity index is 2.18. The van der Waals surface area contributed by atoms with Gasteiger partial charge in [0, 0.05) is 23.6 Å². The molecule has 1 fully saturated rings. The van der Waals surface area contributed by atoms with E-state index < -0.39 is 0 Å². The number of nitrogens with zero attached hydrogens (tertiary/aromatic N) is 1. The molecule has 1 aliphatic heterocycles. The predicted molar refractivity (Wildman–Crippen MR) is 74.3 cm³/mol. The van der Waals surface area contributed by atoms with Crippen molar-refractivity contribution in [3.05, 3.63) is 34.3 Å². The monoisotopic (exact) mass is 314 g/mol. The zero-order valence-corrected chi connectivity index (χ0v) is 11.8. The molecule has 2 rings (SSSR count). The number of benzene rings is 1. The summed E-state index contributed by atoms with van der Waals surface area (Å²) in [5.74, 6) is 0. The van der Waals surface area contributed by atoms with Crippen molar-refractivity contribution in [3.8, 4) is 0 Å².